The molecular weight excluding hydrogens is 403 g/mol. The van der Waals surface area contributed by atoms with Crippen LogP contribution in [0, 0.1) is 11.7 Å². The molecule has 1 amide bonds. The molecule has 0 aliphatic rings. The standard InChI is InChI=1S/C23H31FN2O3S/c1-4-6-9-18(5-2)16-25-23(27)20-14-12-19(13-15-20)17-26(30(3,28)29)22-11-8-7-10-21(22)24/h7-8,10-15,18H,4-6,9,16-17H2,1-3H3,(H,25,27). The molecule has 5 nitrogen and oxygen atoms in total. The highest BCUT2D eigenvalue weighted by molar-refractivity contribution is 7.92. The van der Waals surface area contributed by atoms with E-state index in [1.807, 2.05) is 0 Å². The lowest BCUT2D eigenvalue weighted by atomic mass is 9.99. The molecule has 2 aromatic carbocycles. The molecule has 164 valence electrons. The fraction of sp³-hybridized carbons (Fsp3) is 0.435. The van der Waals surface area contributed by atoms with E-state index in [1.54, 1.807) is 30.3 Å². The molecule has 0 saturated heterocycles. The smallest absolute Gasteiger partial charge is 0.251 e. The molecule has 2 rings (SSSR count). The van der Waals surface area contributed by atoms with Crippen LogP contribution in [0.1, 0.15) is 55.5 Å². The third-order valence-corrected chi connectivity index (χ3v) is 6.28. The van der Waals surface area contributed by atoms with Crippen LogP contribution >= 0.6 is 0 Å². The van der Waals surface area contributed by atoms with Crippen molar-refractivity contribution < 1.29 is 17.6 Å². The Bertz CT molecular complexity index is 930. The third-order valence-electron chi connectivity index (χ3n) is 5.16. The van der Waals surface area contributed by atoms with Gasteiger partial charge in [0.2, 0.25) is 10.0 Å². The summed E-state index contributed by atoms with van der Waals surface area (Å²) in [4.78, 5) is 12.4. The Labute approximate surface area is 179 Å². The molecule has 30 heavy (non-hydrogen) atoms. The van der Waals surface area contributed by atoms with E-state index in [1.165, 1.54) is 18.2 Å². The molecule has 0 aromatic heterocycles. The number of hydrogen-bond acceptors (Lipinski definition) is 3. The Morgan fingerprint density at radius 3 is 2.33 bits per heavy atom. The zero-order chi connectivity index (χ0) is 22.1. The van der Waals surface area contributed by atoms with Crippen LogP contribution in [0.15, 0.2) is 48.5 Å². The Morgan fingerprint density at radius 2 is 1.77 bits per heavy atom. The van der Waals surface area contributed by atoms with E-state index < -0.39 is 15.8 Å². The van der Waals surface area contributed by atoms with Crippen molar-refractivity contribution in [2.45, 2.75) is 46.1 Å². The van der Waals surface area contributed by atoms with Crippen LogP contribution in [0.5, 0.6) is 0 Å². The number of carbonyl (C=O) groups is 1. The fourth-order valence-corrected chi connectivity index (χ4v) is 4.13. The monoisotopic (exact) mass is 434 g/mol. The van der Waals surface area contributed by atoms with Gasteiger partial charge in [0.05, 0.1) is 18.5 Å². The number of anilines is 1. The number of amides is 1. The first kappa shape index (κ1) is 23.9. The maximum atomic E-state index is 14.1. The summed E-state index contributed by atoms with van der Waals surface area (Å²) in [5.74, 6) is -0.282. The van der Waals surface area contributed by atoms with Crippen molar-refractivity contribution in [2.24, 2.45) is 5.92 Å². The van der Waals surface area contributed by atoms with Crippen molar-refractivity contribution >= 4 is 21.6 Å². The van der Waals surface area contributed by atoms with E-state index in [4.69, 9.17) is 0 Å². The lowest BCUT2D eigenvalue weighted by Gasteiger charge is -2.23. The minimum absolute atomic E-state index is 0.000457. The van der Waals surface area contributed by atoms with Gasteiger partial charge >= 0.3 is 0 Å². The second-order valence-electron chi connectivity index (χ2n) is 7.54. The molecular formula is C23H31FN2O3S. The second-order valence-corrected chi connectivity index (χ2v) is 9.45. The van der Waals surface area contributed by atoms with Crippen molar-refractivity contribution in [3.63, 3.8) is 0 Å². The first-order chi connectivity index (χ1) is 14.3. The summed E-state index contributed by atoms with van der Waals surface area (Å²) in [5, 5.41) is 2.98. The van der Waals surface area contributed by atoms with Gasteiger partial charge in [-0.05, 0) is 42.2 Å². The SMILES string of the molecule is CCCCC(CC)CNC(=O)c1ccc(CN(c2ccccc2F)S(C)(=O)=O)cc1. The molecule has 0 bridgehead atoms. The minimum atomic E-state index is -3.68. The fourth-order valence-electron chi connectivity index (χ4n) is 3.24. The van der Waals surface area contributed by atoms with E-state index >= 15 is 0 Å². The number of sulfonamides is 1. The summed E-state index contributed by atoms with van der Waals surface area (Å²) in [7, 11) is -3.68. The van der Waals surface area contributed by atoms with Gasteiger partial charge in [-0.25, -0.2) is 12.8 Å². The first-order valence-electron chi connectivity index (χ1n) is 10.4. The van der Waals surface area contributed by atoms with Gasteiger partial charge in [0, 0.05) is 12.1 Å². The molecule has 1 atom stereocenters. The van der Waals surface area contributed by atoms with Gasteiger partial charge in [-0.15, -0.1) is 0 Å². The van der Waals surface area contributed by atoms with Crippen LogP contribution in [-0.2, 0) is 16.6 Å². The van der Waals surface area contributed by atoms with E-state index in [-0.39, 0.29) is 18.1 Å². The Balaban J connectivity index is 2.07. The summed E-state index contributed by atoms with van der Waals surface area (Å²) in [6, 6.07) is 12.5. The number of nitrogens with zero attached hydrogens (tertiary/aromatic N) is 1. The van der Waals surface area contributed by atoms with Crippen LogP contribution in [0.3, 0.4) is 0 Å². The van der Waals surface area contributed by atoms with Gasteiger partial charge < -0.3 is 5.32 Å². The highest BCUT2D eigenvalue weighted by Crippen LogP contribution is 2.24. The van der Waals surface area contributed by atoms with Gasteiger partial charge in [-0.2, -0.15) is 0 Å². The van der Waals surface area contributed by atoms with Crippen LogP contribution in [0.2, 0.25) is 0 Å². The average molecular weight is 435 g/mol. The molecule has 0 fully saturated rings. The number of hydrogen-bond donors (Lipinski definition) is 1. The van der Waals surface area contributed by atoms with Crippen molar-refractivity contribution in [1.29, 1.82) is 0 Å². The van der Waals surface area contributed by atoms with Gasteiger partial charge in [0.15, 0.2) is 0 Å². The molecule has 1 unspecified atom stereocenters. The Morgan fingerprint density at radius 1 is 1.10 bits per heavy atom. The summed E-state index contributed by atoms with van der Waals surface area (Å²) in [5.41, 5.74) is 1.18. The molecule has 0 saturated carbocycles. The molecule has 7 heteroatoms. The van der Waals surface area contributed by atoms with E-state index in [0.717, 1.165) is 36.2 Å². The summed E-state index contributed by atoms with van der Waals surface area (Å²) < 4.78 is 39.6. The predicted molar refractivity (Wildman–Crippen MR) is 120 cm³/mol. The number of halogens is 1. The molecule has 0 radical (unpaired) electrons. The van der Waals surface area contributed by atoms with E-state index in [9.17, 15) is 17.6 Å². The molecule has 0 aliphatic heterocycles. The normalized spacial score (nSPS) is 12.4. The number of nitrogens with one attached hydrogen (secondary N) is 1. The minimum Gasteiger partial charge on any atom is -0.352 e. The van der Waals surface area contributed by atoms with E-state index in [2.05, 4.69) is 19.2 Å². The Kier molecular flexibility index (Phi) is 8.84. The zero-order valence-electron chi connectivity index (χ0n) is 17.9. The molecule has 1 N–H and O–H groups in total. The first-order valence-corrected chi connectivity index (χ1v) is 12.2. The van der Waals surface area contributed by atoms with Gasteiger partial charge in [0.1, 0.15) is 5.82 Å². The summed E-state index contributed by atoms with van der Waals surface area (Å²) >= 11 is 0. The van der Waals surface area contributed by atoms with Crippen LogP contribution in [0.4, 0.5) is 10.1 Å². The van der Waals surface area contributed by atoms with Gasteiger partial charge in [-0.3, -0.25) is 9.10 Å². The maximum Gasteiger partial charge on any atom is 0.251 e. The number of benzene rings is 2. The maximum absolute atomic E-state index is 14.1. The molecule has 0 heterocycles. The summed E-state index contributed by atoms with van der Waals surface area (Å²) in [6.07, 6.45) is 5.47. The van der Waals surface area contributed by atoms with Gasteiger partial charge in [0.25, 0.3) is 5.91 Å². The van der Waals surface area contributed by atoms with Crippen molar-refractivity contribution in [1.82, 2.24) is 5.32 Å². The van der Waals surface area contributed by atoms with Crippen LogP contribution < -0.4 is 9.62 Å². The average Bonchev–Trinajstić information content (AvgIpc) is 2.72. The molecule has 0 aliphatic carbocycles. The topological polar surface area (TPSA) is 66.5 Å². The Hall–Kier alpha value is -2.41. The van der Waals surface area contributed by atoms with Crippen LogP contribution in [0.25, 0.3) is 0 Å². The predicted octanol–water partition coefficient (Wildman–Crippen LogP) is 4.74. The second kappa shape index (κ2) is 11.1. The largest absolute Gasteiger partial charge is 0.352 e. The molecule has 0 spiro atoms. The third kappa shape index (κ3) is 6.83. The van der Waals surface area contributed by atoms with Crippen molar-refractivity contribution in [3.8, 4) is 0 Å². The zero-order valence-corrected chi connectivity index (χ0v) is 18.7. The number of rotatable bonds is 11. The number of unbranched alkanes of at least 4 members (excludes halogenated alkanes) is 1. The quantitative estimate of drug-likeness (QED) is 0.556. The van der Waals surface area contributed by atoms with Crippen molar-refractivity contribution in [2.75, 3.05) is 17.1 Å². The van der Waals surface area contributed by atoms with E-state index in [0.29, 0.717) is 23.6 Å². The number of carbonyl (C=O) groups excluding carboxylic acids is 1. The van der Waals surface area contributed by atoms with Gasteiger partial charge in [-0.1, -0.05) is 57.4 Å². The highest BCUT2D eigenvalue weighted by atomic mass is 32.2. The number of para-hydroxylation sites is 1. The lowest BCUT2D eigenvalue weighted by Crippen LogP contribution is -2.30. The summed E-state index contributed by atoms with van der Waals surface area (Å²) in [6.45, 7) is 4.91. The molecule has 2 aromatic rings. The highest BCUT2D eigenvalue weighted by Gasteiger charge is 2.21. The lowest BCUT2D eigenvalue weighted by molar-refractivity contribution is 0.0946. The van der Waals surface area contributed by atoms with Crippen LogP contribution in [-0.4, -0.2) is 27.1 Å². The van der Waals surface area contributed by atoms with Crippen molar-refractivity contribution in [3.05, 3.63) is 65.5 Å².